The van der Waals surface area contributed by atoms with Gasteiger partial charge in [0.15, 0.2) is 0 Å². The third-order valence-electron chi connectivity index (χ3n) is 3.33. The molecule has 0 atom stereocenters. The molecule has 2 rings (SSSR count). The molecule has 9 nitrogen and oxygen atoms in total. The molecule has 1 aliphatic rings. The van der Waals surface area contributed by atoms with Gasteiger partial charge in [-0.1, -0.05) is 0 Å². The fraction of sp³-hybridized carbons (Fsp3) is 0.769. The van der Waals surface area contributed by atoms with Crippen molar-refractivity contribution in [3.05, 3.63) is 6.33 Å². The van der Waals surface area contributed by atoms with Crippen LogP contribution in [-0.2, 0) is 11.3 Å². The summed E-state index contributed by atoms with van der Waals surface area (Å²) in [6.07, 6.45) is 2.90. The molecule has 1 saturated heterocycles. The molecular formula is C13H23N7O2. The fourth-order valence-electron chi connectivity index (χ4n) is 2.30. The molecule has 3 amide bonds. The number of rotatable bonds is 3. The minimum Gasteiger partial charge on any atom is -0.352 e. The molecular weight excluding hydrogens is 286 g/mol. The van der Waals surface area contributed by atoms with Crippen molar-refractivity contribution in [1.29, 1.82) is 0 Å². The van der Waals surface area contributed by atoms with E-state index in [9.17, 15) is 9.59 Å². The number of tetrazole rings is 1. The average molecular weight is 309 g/mol. The van der Waals surface area contributed by atoms with Gasteiger partial charge < -0.3 is 15.5 Å². The number of aromatic nitrogens is 4. The van der Waals surface area contributed by atoms with Crippen LogP contribution < -0.4 is 10.6 Å². The predicted octanol–water partition coefficient (Wildman–Crippen LogP) is -0.238. The Bertz CT molecular complexity index is 501. The van der Waals surface area contributed by atoms with Crippen molar-refractivity contribution in [3.63, 3.8) is 0 Å². The van der Waals surface area contributed by atoms with Crippen molar-refractivity contribution in [2.45, 2.75) is 51.7 Å². The van der Waals surface area contributed by atoms with Gasteiger partial charge in [-0.25, -0.2) is 9.48 Å². The molecule has 0 aliphatic carbocycles. The van der Waals surface area contributed by atoms with Gasteiger partial charge in [0.1, 0.15) is 12.9 Å². The minimum atomic E-state index is -0.242. The first-order valence-corrected chi connectivity index (χ1v) is 7.41. The lowest BCUT2D eigenvalue weighted by molar-refractivity contribution is -0.122. The molecule has 122 valence electrons. The topological polar surface area (TPSA) is 105 Å². The third kappa shape index (κ3) is 4.97. The van der Waals surface area contributed by atoms with Crippen molar-refractivity contribution in [1.82, 2.24) is 35.7 Å². The highest BCUT2D eigenvalue weighted by Crippen LogP contribution is 2.11. The molecule has 22 heavy (non-hydrogen) atoms. The Morgan fingerprint density at radius 3 is 2.50 bits per heavy atom. The Morgan fingerprint density at radius 1 is 1.27 bits per heavy atom. The van der Waals surface area contributed by atoms with Crippen LogP contribution in [0.5, 0.6) is 0 Å². The Hall–Kier alpha value is -2.19. The van der Waals surface area contributed by atoms with E-state index in [0.29, 0.717) is 13.1 Å². The molecule has 0 unspecified atom stereocenters. The minimum absolute atomic E-state index is 0.0500. The average Bonchev–Trinajstić information content (AvgIpc) is 2.90. The van der Waals surface area contributed by atoms with Crippen LogP contribution in [-0.4, -0.2) is 61.7 Å². The predicted molar refractivity (Wildman–Crippen MR) is 78.8 cm³/mol. The lowest BCUT2D eigenvalue weighted by Crippen LogP contribution is -2.53. The van der Waals surface area contributed by atoms with E-state index in [4.69, 9.17) is 0 Å². The summed E-state index contributed by atoms with van der Waals surface area (Å²) in [5.41, 5.74) is -0.242. The Kier molecular flexibility index (Phi) is 4.94. The molecule has 0 aromatic carbocycles. The van der Waals surface area contributed by atoms with Gasteiger partial charge in [-0.3, -0.25) is 4.79 Å². The monoisotopic (exact) mass is 309 g/mol. The van der Waals surface area contributed by atoms with Crippen molar-refractivity contribution in [2.24, 2.45) is 0 Å². The maximum absolute atomic E-state index is 12.1. The van der Waals surface area contributed by atoms with E-state index >= 15 is 0 Å². The fourth-order valence-corrected chi connectivity index (χ4v) is 2.30. The highest BCUT2D eigenvalue weighted by Gasteiger charge is 2.25. The third-order valence-corrected chi connectivity index (χ3v) is 3.33. The number of piperidine rings is 1. The second-order valence-corrected chi connectivity index (χ2v) is 6.52. The number of amides is 3. The van der Waals surface area contributed by atoms with Crippen LogP contribution in [0.4, 0.5) is 4.79 Å². The molecule has 0 saturated carbocycles. The van der Waals surface area contributed by atoms with Crippen LogP contribution in [0.2, 0.25) is 0 Å². The first kappa shape index (κ1) is 16.2. The van der Waals surface area contributed by atoms with E-state index in [1.165, 1.54) is 11.0 Å². The smallest absolute Gasteiger partial charge is 0.317 e. The number of nitrogens with one attached hydrogen (secondary N) is 2. The Morgan fingerprint density at radius 2 is 1.95 bits per heavy atom. The number of nitrogens with zero attached hydrogens (tertiary/aromatic N) is 5. The lowest BCUT2D eigenvalue weighted by atomic mass is 10.0. The summed E-state index contributed by atoms with van der Waals surface area (Å²) < 4.78 is 1.38. The lowest BCUT2D eigenvalue weighted by Gasteiger charge is -2.34. The largest absolute Gasteiger partial charge is 0.352 e. The summed E-state index contributed by atoms with van der Waals surface area (Å²) in [7, 11) is 0. The number of urea groups is 1. The van der Waals surface area contributed by atoms with E-state index in [1.807, 2.05) is 20.8 Å². The zero-order valence-electron chi connectivity index (χ0n) is 13.2. The molecule has 9 heteroatoms. The van der Waals surface area contributed by atoms with Gasteiger partial charge >= 0.3 is 6.03 Å². The van der Waals surface area contributed by atoms with E-state index in [0.717, 1.165) is 12.8 Å². The van der Waals surface area contributed by atoms with Crippen LogP contribution in [0.3, 0.4) is 0 Å². The van der Waals surface area contributed by atoms with Crippen LogP contribution in [0.25, 0.3) is 0 Å². The van der Waals surface area contributed by atoms with Crippen molar-refractivity contribution < 1.29 is 9.59 Å². The van der Waals surface area contributed by atoms with Crippen LogP contribution in [0.15, 0.2) is 6.33 Å². The standard InChI is InChI=1S/C13H23N7O2/c1-13(2,3)16-12(22)19-6-4-10(5-7-19)15-11(21)8-20-9-14-17-18-20/h9-10H,4-8H2,1-3H3,(H,15,21)(H,16,22). The normalized spacial score (nSPS) is 16.4. The van der Waals surface area contributed by atoms with Crippen LogP contribution in [0.1, 0.15) is 33.6 Å². The van der Waals surface area contributed by atoms with Crippen LogP contribution >= 0.6 is 0 Å². The van der Waals surface area contributed by atoms with E-state index < -0.39 is 0 Å². The number of hydrogen-bond donors (Lipinski definition) is 2. The Balaban J connectivity index is 1.73. The summed E-state index contributed by atoms with van der Waals surface area (Å²) in [5, 5.41) is 16.5. The van der Waals surface area contributed by atoms with Crippen molar-refractivity contribution in [3.8, 4) is 0 Å². The second-order valence-electron chi connectivity index (χ2n) is 6.52. The maximum atomic E-state index is 12.1. The second kappa shape index (κ2) is 6.71. The molecule has 1 aliphatic heterocycles. The first-order chi connectivity index (χ1) is 10.3. The van der Waals surface area contributed by atoms with Gasteiger partial charge in [0.05, 0.1) is 0 Å². The molecule has 1 aromatic rings. The van der Waals surface area contributed by atoms with Gasteiger partial charge in [0, 0.05) is 24.7 Å². The summed E-state index contributed by atoms with van der Waals surface area (Å²) in [6.45, 7) is 7.25. The first-order valence-electron chi connectivity index (χ1n) is 7.41. The van der Waals surface area contributed by atoms with E-state index in [-0.39, 0.29) is 30.1 Å². The number of carbonyl (C=O) groups is 2. The molecule has 0 bridgehead atoms. The van der Waals surface area contributed by atoms with E-state index in [2.05, 4.69) is 26.2 Å². The number of carbonyl (C=O) groups excluding carboxylic acids is 2. The molecule has 2 N–H and O–H groups in total. The van der Waals surface area contributed by atoms with Crippen molar-refractivity contribution >= 4 is 11.9 Å². The van der Waals surface area contributed by atoms with Gasteiger partial charge in [-0.05, 0) is 44.0 Å². The number of likely N-dealkylation sites (tertiary alicyclic amines) is 1. The summed E-state index contributed by atoms with van der Waals surface area (Å²) in [5.74, 6) is -0.120. The highest BCUT2D eigenvalue weighted by molar-refractivity contribution is 5.76. The quantitative estimate of drug-likeness (QED) is 0.802. The molecule has 0 spiro atoms. The van der Waals surface area contributed by atoms with Gasteiger partial charge in [-0.2, -0.15) is 0 Å². The Labute approximate surface area is 129 Å². The SMILES string of the molecule is CC(C)(C)NC(=O)N1CCC(NC(=O)Cn2cnnn2)CC1. The van der Waals surface area contributed by atoms with E-state index in [1.54, 1.807) is 4.90 Å². The molecule has 1 aromatic heterocycles. The highest BCUT2D eigenvalue weighted by atomic mass is 16.2. The summed E-state index contributed by atoms with van der Waals surface area (Å²) in [6, 6.07) is 0.0358. The maximum Gasteiger partial charge on any atom is 0.317 e. The number of hydrogen-bond acceptors (Lipinski definition) is 5. The van der Waals surface area contributed by atoms with Crippen LogP contribution in [0, 0.1) is 0 Å². The zero-order valence-corrected chi connectivity index (χ0v) is 13.2. The molecule has 0 radical (unpaired) electrons. The molecule has 2 heterocycles. The summed E-state index contributed by atoms with van der Waals surface area (Å²) >= 11 is 0. The van der Waals surface area contributed by atoms with Crippen molar-refractivity contribution in [2.75, 3.05) is 13.1 Å². The van der Waals surface area contributed by atoms with Gasteiger partial charge in [0.25, 0.3) is 0 Å². The molecule has 1 fully saturated rings. The summed E-state index contributed by atoms with van der Waals surface area (Å²) in [4.78, 5) is 25.7. The van der Waals surface area contributed by atoms with Gasteiger partial charge in [-0.15, -0.1) is 5.10 Å². The zero-order chi connectivity index (χ0) is 16.2. The van der Waals surface area contributed by atoms with Gasteiger partial charge in [0.2, 0.25) is 5.91 Å².